The second-order valence-corrected chi connectivity index (χ2v) is 7.32. The first-order valence-corrected chi connectivity index (χ1v) is 9.42. The van der Waals surface area contributed by atoms with Crippen LogP contribution in [0.1, 0.15) is 25.8 Å². The maximum absolute atomic E-state index is 12.8. The topological polar surface area (TPSA) is 104 Å². The second-order valence-electron chi connectivity index (χ2n) is 7.32. The van der Waals surface area contributed by atoms with Gasteiger partial charge in [0.05, 0.1) is 17.6 Å². The molecule has 1 saturated heterocycles. The molecule has 3 heterocycles. The molecule has 1 aliphatic heterocycles. The molecule has 8 nitrogen and oxygen atoms in total. The first-order chi connectivity index (χ1) is 14.0. The molecule has 0 bridgehead atoms. The normalized spacial score (nSPS) is 16.4. The quantitative estimate of drug-likeness (QED) is 0.739. The van der Waals surface area contributed by atoms with Crippen LogP contribution in [-0.2, 0) is 9.59 Å². The summed E-state index contributed by atoms with van der Waals surface area (Å²) in [5, 5.41) is 17.5. The number of carbonyl (C=O) groups is 2. The molecule has 1 N–H and O–H groups in total. The van der Waals surface area contributed by atoms with Crippen LogP contribution >= 0.6 is 0 Å². The van der Waals surface area contributed by atoms with Crippen LogP contribution in [-0.4, -0.2) is 44.1 Å². The first kappa shape index (κ1) is 18.6. The van der Waals surface area contributed by atoms with Crippen molar-refractivity contribution in [3.8, 4) is 11.9 Å². The summed E-state index contributed by atoms with van der Waals surface area (Å²) >= 11 is 0. The standard InChI is InChI=1S/C21H20N6O2/c1-13(2)26-12-15(9-19(26)28)21(29)25-20-16(10-22)11-23-27(20)18-8-7-14-5-3-4-6-17(14)24-18/h3-8,11,13,15H,9,12H2,1-2H3,(H,25,29). The summed E-state index contributed by atoms with van der Waals surface area (Å²) in [5.41, 5.74) is 1.02. The van der Waals surface area contributed by atoms with Gasteiger partial charge in [0.15, 0.2) is 11.6 Å². The van der Waals surface area contributed by atoms with Gasteiger partial charge in [0.1, 0.15) is 11.6 Å². The smallest absolute Gasteiger partial charge is 0.230 e. The monoisotopic (exact) mass is 388 g/mol. The lowest BCUT2D eigenvalue weighted by Gasteiger charge is -2.20. The minimum atomic E-state index is -0.468. The zero-order valence-corrected chi connectivity index (χ0v) is 16.2. The van der Waals surface area contributed by atoms with E-state index in [2.05, 4.69) is 21.5 Å². The number of nitrogens with one attached hydrogen (secondary N) is 1. The summed E-state index contributed by atoms with van der Waals surface area (Å²) < 4.78 is 1.44. The van der Waals surface area contributed by atoms with Gasteiger partial charge < -0.3 is 10.2 Å². The highest BCUT2D eigenvalue weighted by Crippen LogP contribution is 2.25. The zero-order chi connectivity index (χ0) is 20.5. The van der Waals surface area contributed by atoms with Crippen LogP contribution in [0.4, 0.5) is 5.82 Å². The summed E-state index contributed by atoms with van der Waals surface area (Å²) in [5.74, 6) is -0.0576. The number of benzene rings is 1. The number of pyridine rings is 1. The van der Waals surface area contributed by atoms with Crippen LogP contribution in [0.15, 0.2) is 42.6 Å². The van der Waals surface area contributed by atoms with E-state index in [1.54, 1.807) is 11.0 Å². The van der Waals surface area contributed by atoms with Crippen molar-refractivity contribution < 1.29 is 9.59 Å². The Kier molecular flexibility index (Phi) is 4.72. The fourth-order valence-electron chi connectivity index (χ4n) is 3.52. The molecule has 4 rings (SSSR count). The molecule has 0 saturated carbocycles. The number of carbonyl (C=O) groups excluding carboxylic acids is 2. The number of anilines is 1. The molecule has 0 spiro atoms. The van der Waals surface area contributed by atoms with E-state index in [4.69, 9.17) is 0 Å². The van der Waals surface area contributed by atoms with Gasteiger partial charge in [-0.1, -0.05) is 18.2 Å². The molecule has 3 aromatic rings. The van der Waals surface area contributed by atoms with E-state index >= 15 is 0 Å². The Hall–Kier alpha value is -3.73. The first-order valence-electron chi connectivity index (χ1n) is 9.42. The van der Waals surface area contributed by atoms with Crippen LogP contribution in [0, 0.1) is 17.2 Å². The number of aromatic nitrogens is 3. The number of nitrogens with zero attached hydrogens (tertiary/aromatic N) is 5. The number of likely N-dealkylation sites (tertiary alicyclic amines) is 1. The van der Waals surface area contributed by atoms with Crippen LogP contribution in [0.2, 0.25) is 0 Å². The molecular formula is C21H20N6O2. The lowest BCUT2D eigenvalue weighted by molar-refractivity contribution is -0.129. The number of amides is 2. The number of hydrogen-bond donors (Lipinski definition) is 1. The van der Waals surface area contributed by atoms with E-state index in [9.17, 15) is 14.9 Å². The highest BCUT2D eigenvalue weighted by Gasteiger charge is 2.36. The van der Waals surface area contributed by atoms with E-state index < -0.39 is 5.92 Å². The van der Waals surface area contributed by atoms with Crippen molar-refractivity contribution in [1.29, 1.82) is 5.26 Å². The van der Waals surface area contributed by atoms with Crippen LogP contribution in [0.5, 0.6) is 0 Å². The molecule has 2 aromatic heterocycles. The summed E-state index contributed by atoms with van der Waals surface area (Å²) in [7, 11) is 0. The van der Waals surface area contributed by atoms with Gasteiger partial charge in [-0.05, 0) is 32.0 Å². The molecule has 29 heavy (non-hydrogen) atoms. The molecule has 0 radical (unpaired) electrons. The molecule has 2 amide bonds. The second kappa shape index (κ2) is 7.36. The minimum Gasteiger partial charge on any atom is -0.339 e. The Labute approximate surface area is 167 Å². The van der Waals surface area contributed by atoms with Crippen molar-refractivity contribution in [3.05, 3.63) is 48.2 Å². The van der Waals surface area contributed by atoms with Crippen molar-refractivity contribution in [1.82, 2.24) is 19.7 Å². The van der Waals surface area contributed by atoms with Crippen molar-refractivity contribution in [2.75, 3.05) is 11.9 Å². The number of hydrogen-bond acceptors (Lipinski definition) is 5. The van der Waals surface area contributed by atoms with E-state index in [1.165, 1.54) is 10.9 Å². The van der Waals surface area contributed by atoms with Gasteiger partial charge in [-0.25, -0.2) is 4.98 Å². The Bertz CT molecular complexity index is 1140. The Morgan fingerprint density at radius 2 is 2.07 bits per heavy atom. The highest BCUT2D eigenvalue weighted by molar-refractivity contribution is 5.97. The molecule has 8 heteroatoms. The van der Waals surface area contributed by atoms with Crippen LogP contribution in [0.3, 0.4) is 0 Å². The van der Waals surface area contributed by atoms with E-state index in [1.807, 2.05) is 44.2 Å². The fraction of sp³-hybridized carbons (Fsp3) is 0.286. The average molecular weight is 388 g/mol. The van der Waals surface area contributed by atoms with Crippen molar-refractivity contribution in [2.45, 2.75) is 26.3 Å². The molecule has 1 fully saturated rings. The average Bonchev–Trinajstić information content (AvgIpc) is 3.31. The molecular weight excluding hydrogens is 368 g/mol. The summed E-state index contributed by atoms with van der Waals surface area (Å²) in [4.78, 5) is 31.2. The third-order valence-corrected chi connectivity index (χ3v) is 5.08. The minimum absolute atomic E-state index is 0.0367. The van der Waals surface area contributed by atoms with Crippen molar-refractivity contribution in [2.24, 2.45) is 5.92 Å². The Balaban J connectivity index is 1.64. The lowest BCUT2D eigenvalue weighted by Crippen LogP contribution is -2.33. The maximum Gasteiger partial charge on any atom is 0.230 e. The van der Waals surface area contributed by atoms with Gasteiger partial charge in [-0.3, -0.25) is 9.59 Å². The van der Waals surface area contributed by atoms with E-state index in [-0.39, 0.29) is 35.7 Å². The Morgan fingerprint density at radius 1 is 1.28 bits per heavy atom. The fourth-order valence-corrected chi connectivity index (χ4v) is 3.52. The van der Waals surface area contributed by atoms with Gasteiger partial charge in [-0.15, -0.1) is 0 Å². The van der Waals surface area contributed by atoms with Gasteiger partial charge in [0.2, 0.25) is 11.8 Å². The third kappa shape index (κ3) is 3.43. The molecule has 1 atom stereocenters. The van der Waals surface area contributed by atoms with E-state index in [0.29, 0.717) is 12.4 Å². The van der Waals surface area contributed by atoms with Gasteiger partial charge in [0, 0.05) is 24.4 Å². The number of fused-ring (bicyclic) bond motifs is 1. The molecule has 1 unspecified atom stereocenters. The van der Waals surface area contributed by atoms with Gasteiger partial charge in [0.25, 0.3) is 0 Å². The summed E-state index contributed by atoms with van der Waals surface area (Å²) in [6.45, 7) is 4.21. The number of para-hydroxylation sites is 1. The summed E-state index contributed by atoms with van der Waals surface area (Å²) in [6, 6.07) is 13.5. The van der Waals surface area contributed by atoms with Gasteiger partial charge >= 0.3 is 0 Å². The predicted molar refractivity (Wildman–Crippen MR) is 107 cm³/mol. The lowest BCUT2D eigenvalue weighted by atomic mass is 10.1. The van der Waals surface area contributed by atoms with E-state index in [0.717, 1.165) is 10.9 Å². The molecule has 1 aromatic carbocycles. The molecule has 146 valence electrons. The van der Waals surface area contributed by atoms with Crippen LogP contribution in [0.25, 0.3) is 16.7 Å². The Morgan fingerprint density at radius 3 is 2.79 bits per heavy atom. The maximum atomic E-state index is 12.8. The van der Waals surface area contributed by atoms with Crippen LogP contribution < -0.4 is 5.32 Å². The SMILES string of the molecule is CC(C)N1CC(C(=O)Nc2c(C#N)cnn2-c2ccc3ccccc3n2)CC1=O. The third-order valence-electron chi connectivity index (χ3n) is 5.08. The van der Waals surface area contributed by atoms with Gasteiger partial charge in [-0.2, -0.15) is 15.0 Å². The largest absolute Gasteiger partial charge is 0.339 e. The highest BCUT2D eigenvalue weighted by atomic mass is 16.2. The summed E-state index contributed by atoms with van der Waals surface area (Å²) in [6.07, 6.45) is 1.56. The molecule has 1 aliphatic rings. The van der Waals surface area contributed by atoms with Crippen molar-refractivity contribution >= 4 is 28.5 Å². The van der Waals surface area contributed by atoms with Crippen molar-refractivity contribution in [3.63, 3.8) is 0 Å². The molecule has 0 aliphatic carbocycles. The predicted octanol–water partition coefficient (Wildman–Crippen LogP) is 2.49. The number of nitriles is 1. The zero-order valence-electron chi connectivity index (χ0n) is 16.2. The number of rotatable bonds is 4.